The Morgan fingerprint density at radius 1 is 1.34 bits per heavy atom. The van der Waals surface area contributed by atoms with E-state index < -0.39 is 11.8 Å². The van der Waals surface area contributed by atoms with Gasteiger partial charge in [-0.15, -0.1) is 0 Å². The van der Waals surface area contributed by atoms with Gasteiger partial charge in [0.05, 0.1) is 21.8 Å². The fraction of sp³-hybridized carbons (Fsp3) is 0.280. The third-order valence-electron chi connectivity index (χ3n) is 5.67. The van der Waals surface area contributed by atoms with Gasteiger partial charge in [0, 0.05) is 33.6 Å². The number of aromatic nitrogens is 1. The Morgan fingerprint density at radius 2 is 2.16 bits per heavy atom. The Balaban J connectivity index is 1.89. The van der Waals surface area contributed by atoms with Crippen molar-refractivity contribution in [2.75, 3.05) is 6.54 Å². The van der Waals surface area contributed by atoms with E-state index >= 15 is 0 Å². The van der Waals surface area contributed by atoms with Gasteiger partial charge in [-0.1, -0.05) is 48.8 Å². The number of carbonyl (C=O) groups is 1. The van der Waals surface area contributed by atoms with Crippen LogP contribution in [0.3, 0.4) is 0 Å². The number of aromatic carboxylic acids is 1. The Bertz CT molecular complexity index is 1250. The molecule has 4 nitrogen and oxygen atoms in total. The van der Waals surface area contributed by atoms with Crippen LogP contribution in [-0.2, 0) is 0 Å². The number of benzene rings is 2. The van der Waals surface area contributed by atoms with Gasteiger partial charge in [-0.25, -0.2) is 9.18 Å². The predicted molar refractivity (Wildman–Crippen MR) is 130 cm³/mol. The molecule has 166 valence electrons. The standard InChI is InChI=1S/C25H24ClFN2O2S/c1-3-5-16-8-9-28-14-18(10-16)29-15(2)24(20-12-22(27)21(26)13-23(20)29)32-19-7-4-6-17(11-19)25(30)31/h4,6-7,10-14,16H,3,5,8-9H2,1-2H3,(H,30,31). The van der Waals surface area contributed by atoms with Gasteiger partial charge in [-0.05, 0) is 56.0 Å². The average Bonchev–Trinajstić information content (AvgIpc) is 2.91. The van der Waals surface area contributed by atoms with Gasteiger partial charge >= 0.3 is 5.97 Å². The highest BCUT2D eigenvalue weighted by Crippen LogP contribution is 2.41. The Morgan fingerprint density at radius 3 is 2.91 bits per heavy atom. The maximum atomic E-state index is 14.5. The first-order valence-electron chi connectivity index (χ1n) is 10.6. The number of halogens is 2. The summed E-state index contributed by atoms with van der Waals surface area (Å²) in [4.78, 5) is 17.6. The summed E-state index contributed by atoms with van der Waals surface area (Å²) in [5.74, 6) is -1.04. The van der Waals surface area contributed by atoms with E-state index in [1.807, 2.05) is 19.2 Å². The van der Waals surface area contributed by atoms with Gasteiger partial charge in [0.15, 0.2) is 0 Å². The van der Waals surface area contributed by atoms with Crippen molar-refractivity contribution in [1.82, 2.24) is 4.57 Å². The van der Waals surface area contributed by atoms with Gasteiger partial charge in [0.1, 0.15) is 5.82 Å². The van der Waals surface area contributed by atoms with Gasteiger partial charge in [-0.2, -0.15) is 0 Å². The minimum atomic E-state index is -0.980. The van der Waals surface area contributed by atoms with E-state index in [1.54, 1.807) is 24.3 Å². The van der Waals surface area contributed by atoms with Crippen LogP contribution in [0.4, 0.5) is 4.39 Å². The summed E-state index contributed by atoms with van der Waals surface area (Å²) in [7, 11) is 0. The highest BCUT2D eigenvalue weighted by molar-refractivity contribution is 7.99. The van der Waals surface area contributed by atoms with Crippen LogP contribution < -0.4 is 0 Å². The zero-order chi connectivity index (χ0) is 22.8. The Labute approximate surface area is 195 Å². The monoisotopic (exact) mass is 470 g/mol. The van der Waals surface area contributed by atoms with Crippen molar-refractivity contribution in [3.8, 4) is 0 Å². The highest BCUT2D eigenvalue weighted by atomic mass is 35.5. The van der Waals surface area contributed by atoms with E-state index in [0.717, 1.165) is 57.9 Å². The van der Waals surface area contributed by atoms with Crippen LogP contribution in [0.15, 0.2) is 57.3 Å². The van der Waals surface area contributed by atoms with Crippen LogP contribution in [-0.4, -0.2) is 28.4 Å². The lowest BCUT2D eigenvalue weighted by Gasteiger charge is -2.13. The molecule has 1 aromatic heterocycles. The lowest BCUT2D eigenvalue weighted by molar-refractivity contribution is 0.0696. The molecule has 1 N–H and O–H groups in total. The molecule has 0 spiro atoms. The zero-order valence-corrected chi connectivity index (χ0v) is 19.5. The second-order valence-corrected chi connectivity index (χ2v) is 9.42. The summed E-state index contributed by atoms with van der Waals surface area (Å²) < 4.78 is 16.6. The second-order valence-electron chi connectivity index (χ2n) is 7.93. The average molecular weight is 471 g/mol. The maximum absolute atomic E-state index is 14.5. The first kappa shape index (κ1) is 22.6. The Kier molecular flexibility index (Phi) is 6.72. The SMILES string of the molecule is CCCC1C=C(n2c(C)c(Sc3cccc(C(=O)O)c3)c3cc(F)c(Cl)cc32)C=NCC1. The molecule has 1 aliphatic rings. The molecule has 3 aromatic rings. The van der Waals surface area contributed by atoms with Crippen LogP contribution >= 0.6 is 23.4 Å². The molecule has 7 heteroatoms. The van der Waals surface area contributed by atoms with Gasteiger partial charge < -0.3 is 9.67 Å². The fourth-order valence-electron chi connectivity index (χ4n) is 4.15. The second kappa shape index (κ2) is 9.51. The van der Waals surface area contributed by atoms with Crippen LogP contribution in [0.1, 0.15) is 42.2 Å². The molecule has 0 amide bonds. The van der Waals surface area contributed by atoms with E-state index in [1.165, 1.54) is 17.8 Å². The third-order valence-corrected chi connectivity index (χ3v) is 7.16. The van der Waals surface area contributed by atoms with Gasteiger partial charge in [0.2, 0.25) is 0 Å². The van der Waals surface area contributed by atoms with E-state index in [9.17, 15) is 14.3 Å². The first-order valence-corrected chi connectivity index (χ1v) is 11.8. The minimum absolute atomic E-state index is 0.0666. The third kappa shape index (κ3) is 4.48. The minimum Gasteiger partial charge on any atom is -0.478 e. The molecule has 0 fully saturated rings. The van der Waals surface area contributed by atoms with Gasteiger partial charge in [-0.3, -0.25) is 4.99 Å². The normalized spacial score (nSPS) is 16.2. The number of carboxylic acids is 1. The number of nitrogens with zero attached hydrogens (tertiary/aromatic N) is 2. The number of hydrogen-bond acceptors (Lipinski definition) is 3. The summed E-state index contributed by atoms with van der Waals surface area (Å²) in [6.07, 6.45) is 7.33. The maximum Gasteiger partial charge on any atom is 0.335 e. The van der Waals surface area contributed by atoms with E-state index in [2.05, 4.69) is 22.6 Å². The molecule has 0 aliphatic carbocycles. The van der Waals surface area contributed by atoms with Crippen molar-refractivity contribution in [3.05, 3.63) is 64.6 Å². The number of rotatable bonds is 6. The number of allylic oxidation sites excluding steroid dienone is 2. The molecule has 0 bridgehead atoms. The van der Waals surface area contributed by atoms with E-state index in [0.29, 0.717) is 5.92 Å². The Hall–Kier alpha value is -2.57. The summed E-state index contributed by atoms with van der Waals surface area (Å²) >= 11 is 7.60. The van der Waals surface area contributed by atoms with Crippen LogP contribution in [0.2, 0.25) is 5.02 Å². The zero-order valence-electron chi connectivity index (χ0n) is 17.9. The molecule has 4 rings (SSSR count). The molecule has 0 saturated carbocycles. The molecule has 0 saturated heterocycles. The molecular formula is C25H24ClFN2O2S. The lowest BCUT2D eigenvalue weighted by Crippen LogP contribution is -2.03. The lowest BCUT2D eigenvalue weighted by atomic mass is 9.99. The van der Waals surface area contributed by atoms with Crippen molar-refractivity contribution in [1.29, 1.82) is 0 Å². The van der Waals surface area contributed by atoms with Crippen LogP contribution in [0.25, 0.3) is 16.6 Å². The molecule has 2 aromatic carbocycles. The van der Waals surface area contributed by atoms with Crippen molar-refractivity contribution in [3.63, 3.8) is 0 Å². The first-order chi connectivity index (χ1) is 15.4. The molecule has 1 unspecified atom stereocenters. The molecule has 32 heavy (non-hydrogen) atoms. The van der Waals surface area contributed by atoms with Gasteiger partial charge in [0.25, 0.3) is 0 Å². The number of carboxylic acid groups (broad SMARTS) is 1. The summed E-state index contributed by atoms with van der Waals surface area (Å²) in [5, 5.41) is 10.1. The quantitative estimate of drug-likeness (QED) is 0.410. The molecule has 1 aliphatic heterocycles. The van der Waals surface area contributed by atoms with E-state index in [4.69, 9.17) is 11.6 Å². The predicted octanol–water partition coefficient (Wildman–Crippen LogP) is 7.32. The van der Waals surface area contributed by atoms with Crippen molar-refractivity contribution < 1.29 is 14.3 Å². The molecule has 1 atom stereocenters. The number of aliphatic imine (C=N–C) groups is 1. The molecular weight excluding hydrogens is 447 g/mol. The topological polar surface area (TPSA) is 54.6 Å². The summed E-state index contributed by atoms with van der Waals surface area (Å²) in [6, 6.07) is 9.88. The molecule has 2 heterocycles. The van der Waals surface area contributed by atoms with Crippen LogP contribution in [0, 0.1) is 18.7 Å². The summed E-state index contributed by atoms with van der Waals surface area (Å²) in [6.45, 7) is 4.95. The highest BCUT2D eigenvalue weighted by Gasteiger charge is 2.21. The van der Waals surface area contributed by atoms with E-state index in [-0.39, 0.29) is 10.6 Å². The van der Waals surface area contributed by atoms with Crippen molar-refractivity contribution in [2.24, 2.45) is 10.9 Å². The molecule has 0 radical (unpaired) electrons. The number of fused-ring (bicyclic) bond motifs is 1. The van der Waals surface area contributed by atoms with Crippen molar-refractivity contribution in [2.45, 2.75) is 42.9 Å². The van der Waals surface area contributed by atoms with Crippen molar-refractivity contribution >= 4 is 52.1 Å². The van der Waals surface area contributed by atoms with Crippen LogP contribution in [0.5, 0.6) is 0 Å². The summed E-state index contributed by atoms with van der Waals surface area (Å²) in [5.41, 5.74) is 2.91. The largest absolute Gasteiger partial charge is 0.478 e. The smallest absolute Gasteiger partial charge is 0.335 e. The fourth-order valence-corrected chi connectivity index (χ4v) is 5.39. The number of hydrogen-bond donors (Lipinski definition) is 1.